The fraction of sp³-hybridized carbons (Fsp3) is 0.500. The molecular formula is C14H19BrClNO. The predicted molar refractivity (Wildman–Crippen MR) is 80.1 cm³/mol. The maximum Gasteiger partial charge on any atom is 0.252 e. The van der Waals surface area contributed by atoms with E-state index in [9.17, 15) is 4.79 Å². The number of amides is 1. The van der Waals surface area contributed by atoms with Gasteiger partial charge in [0, 0.05) is 16.0 Å². The van der Waals surface area contributed by atoms with Crippen LogP contribution in [0.25, 0.3) is 0 Å². The quantitative estimate of drug-likeness (QED) is 0.866. The molecule has 0 aliphatic rings. The smallest absolute Gasteiger partial charge is 0.252 e. The van der Waals surface area contributed by atoms with Gasteiger partial charge in [-0.25, -0.2) is 0 Å². The number of halogens is 2. The first-order valence-electron chi connectivity index (χ1n) is 5.95. The topological polar surface area (TPSA) is 29.1 Å². The third-order valence-electron chi connectivity index (χ3n) is 3.22. The molecule has 1 unspecified atom stereocenters. The maximum atomic E-state index is 12.0. The molecule has 100 valence electrons. The minimum Gasteiger partial charge on any atom is -0.352 e. The minimum atomic E-state index is -0.0744. The van der Waals surface area contributed by atoms with Crippen molar-refractivity contribution in [2.45, 2.75) is 27.7 Å². The zero-order valence-electron chi connectivity index (χ0n) is 11.2. The van der Waals surface area contributed by atoms with Gasteiger partial charge in [0.1, 0.15) is 0 Å². The van der Waals surface area contributed by atoms with E-state index in [1.807, 2.05) is 0 Å². The molecule has 0 aromatic heterocycles. The highest BCUT2D eigenvalue weighted by Gasteiger charge is 2.21. The van der Waals surface area contributed by atoms with Crippen LogP contribution in [0.15, 0.2) is 22.7 Å². The molecule has 2 nitrogen and oxygen atoms in total. The van der Waals surface area contributed by atoms with Gasteiger partial charge in [-0.1, -0.05) is 39.3 Å². The van der Waals surface area contributed by atoms with Crippen LogP contribution in [0, 0.1) is 11.3 Å². The summed E-state index contributed by atoms with van der Waals surface area (Å²) < 4.78 is 0.718. The summed E-state index contributed by atoms with van der Waals surface area (Å²) >= 11 is 9.20. The lowest BCUT2D eigenvalue weighted by Gasteiger charge is -2.27. The Labute approximate surface area is 122 Å². The molecule has 1 atom stereocenters. The number of carbonyl (C=O) groups excluding carboxylic acids is 1. The zero-order valence-corrected chi connectivity index (χ0v) is 13.5. The van der Waals surface area contributed by atoms with Crippen molar-refractivity contribution in [1.82, 2.24) is 5.32 Å². The number of rotatable bonds is 3. The standard InChI is InChI=1S/C14H19BrClNO/c1-9(14(2,3)4)8-17-13(18)11-6-5-10(16)7-12(11)15/h5-7,9H,8H2,1-4H3,(H,17,18). The number of benzene rings is 1. The third-order valence-corrected chi connectivity index (χ3v) is 4.11. The summed E-state index contributed by atoms with van der Waals surface area (Å²) in [4.78, 5) is 12.0. The first-order valence-corrected chi connectivity index (χ1v) is 7.12. The SMILES string of the molecule is CC(CNC(=O)c1ccc(Cl)cc1Br)C(C)(C)C. The molecule has 0 saturated carbocycles. The van der Waals surface area contributed by atoms with E-state index in [1.165, 1.54) is 0 Å². The van der Waals surface area contributed by atoms with Crippen LogP contribution in [0.3, 0.4) is 0 Å². The summed E-state index contributed by atoms with van der Waals surface area (Å²) in [5, 5.41) is 3.57. The summed E-state index contributed by atoms with van der Waals surface area (Å²) in [5.41, 5.74) is 0.797. The van der Waals surface area contributed by atoms with E-state index in [0.717, 1.165) is 4.47 Å². The van der Waals surface area contributed by atoms with E-state index in [4.69, 9.17) is 11.6 Å². The highest BCUT2D eigenvalue weighted by molar-refractivity contribution is 9.10. The second kappa shape index (κ2) is 6.07. The molecule has 0 aliphatic carbocycles. The average molecular weight is 333 g/mol. The van der Waals surface area contributed by atoms with Gasteiger partial charge in [0.2, 0.25) is 0 Å². The van der Waals surface area contributed by atoms with Gasteiger partial charge in [-0.3, -0.25) is 4.79 Å². The predicted octanol–water partition coefficient (Wildman–Crippen LogP) is 4.51. The summed E-state index contributed by atoms with van der Waals surface area (Å²) in [6, 6.07) is 5.17. The fourth-order valence-corrected chi connectivity index (χ4v) is 2.18. The van der Waals surface area contributed by atoms with E-state index in [1.54, 1.807) is 18.2 Å². The highest BCUT2D eigenvalue weighted by atomic mass is 79.9. The van der Waals surface area contributed by atoms with Crippen LogP contribution in [-0.4, -0.2) is 12.5 Å². The average Bonchev–Trinajstić information content (AvgIpc) is 2.24. The second-order valence-electron chi connectivity index (χ2n) is 5.60. The van der Waals surface area contributed by atoms with Crippen molar-refractivity contribution < 1.29 is 4.79 Å². The first kappa shape index (κ1) is 15.5. The molecular weight excluding hydrogens is 314 g/mol. The van der Waals surface area contributed by atoms with Gasteiger partial charge in [0.25, 0.3) is 5.91 Å². The van der Waals surface area contributed by atoms with Gasteiger partial charge >= 0.3 is 0 Å². The maximum absolute atomic E-state index is 12.0. The summed E-state index contributed by atoms with van der Waals surface area (Å²) in [7, 11) is 0. The molecule has 0 fully saturated rings. The number of hydrogen-bond acceptors (Lipinski definition) is 1. The molecule has 4 heteroatoms. The monoisotopic (exact) mass is 331 g/mol. The Morgan fingerprint density at radius 2 is 2.06 bits per heavy atom. The summed E-state index contributed by atoms with van der Waals surface area (Å²) in [6.45, 7) is 9.31. The normalized spacial score (nSPS) is 13.2. The van der Waals surface area contributed by atoms with Crippen molar-refractivity contribution in [3.05, 3.63) is 33.3 Å². The van der Waals surface area contributed by atoms with E-state index < -0.39 is 0 Å². The van der Waals surface area contributed by atoms with Crippen LogP contribution >= 0.6 is 27.5 Å². The Bertz CT molecular complexity index is 440. The van der Waals surface area contributed by atoms with E-state index in [-0.39, 0.29) is 11.3 Å². The lowest BCUT2D eigenvalue weighted by molar-refractivity contribution is 0.0936. The molecule has 1 amide bonds. The van der Waals surface area contributed by atoms with Gasteiger partial charge in [-0.05, 0) is 45.5 Å². The van der Waals surface area contributed by atoms with Crippen LogP contribution < -0.4 is 5.32 Å². The number of nitrogens with one attached hydrogen (secondary N) is 1. The Balaban J connectivity index is 2.66. The largest absolute Gasteiger partial charge is 0.352 e. The van der Waals surface area contributed by atoms with Crippen molar-refractivity contribution in [1.29, 1.82) is 0 Å². The van der Waals surface area contributed by atoms with Gasteiger partial charge in [-0.15, -0.1) is 0 Å². The lowest BCUT2D eigenvalue weighted by atomic mass is 9.82. The van der Waals surface area contributed by atoms with Gasteiger partial charge in [0.15, 0.2) is 0 Å². The number of carbonyl (C=O) groups is 1. The molecule has 0 bridgehead atoms. The van der Waals surface area contributed by atoms with Crippen molar-refractivity contribution in [2.24, 2.45) is 11.3 Å². The molecule has 0 aliphatic heterocycles. The molecule has 18 heavy (non-hydrogen) atoms. The van der Waals surface area contributed by atoms with E-state index in [0.29, 0.717) is 23.0 Å². The van der Waals surface area contributed by atoms with Crippen molar-refractivity contribution in [3.63, 3.8) is 0 Å². The molecule has 1 aromatic carbocycles. The number of hydrogen-bond donors (Lipinski definition) is 1. The van der Waals surface area contributed by atoms with Crippen LogP contribution in [0.4, 0.5) is 0 Å². The molecule has 1 rings (SSSR count). The van der Waals surface area contributed by atoms with Crippen LogP contribution in [-0.2, 0) is 0 Å². The second-order valence-corrected chi connectivity index (χ2v) is 6.89. The van der Waals surface area contributed by atoms with Crippen LogP contribution in [0.2, 0.25) is 5.02 Å². The third kappa shape index (κ3) is 4.29. The molecule has 0 spiro atoms. The first-order chi connectivity index (χ1) is 8.21. The van der Waals surface area contributed by atoms with Gasteiger partial charge in [0.05, 0.1) is 5.56 Å². The van der Waals surface area contributed by atoms with E-state index in [2.05, 4.69) is 48.9 Å². The fourth-order valence-electron chi connectivity index (χ4n) is 1.32. The Kier molecular flexibility index (Phi) is 5.23. The van der Waals surface area contributed by atoms with Gasteiger partial charge < -0.3 is 5.32 Å². The van der Waals surface area contributed by atoms with Crippen molar-refractivity contribution >= 4 is 33.4 Å². The Morgan fingerprint density at radius 1 is 1.44 bits per heavy atom. The van der Waals surface area contributed by atoms with Crippen LogP contribution in [0.5, 0.6) is 0 Å². The molecule has 0 heterocycles. The zero-order chi connectivity index (χ0) is 13.9. The van der Waals surface area contributed by atoms with Crippen molar-refractivity contribution in [3.8, 4) is 0 Å². The summed E-state index contributed by atoms with van der Waals surface area (Å²) in [5.74, 6) is 0.335. The summed E-state index contributed by atoms with van der Waals surface area (Å²) in [6.07, 6.45) is 0. The Morgan fingerprint density at radius 3 is 2.56 bits per heavy atom. The lowest BCUT2D eigenvalue weighted by Crippen LogP contribution is -2.33. The van der Waals surface area contributed by atoms with Gasteiger partial charge in [-0.2, -0.15) is 0 Å². The molecule has 0 saturated heterocycles. The van der Waals surface area contributed by atoms with E-state index >= 15 is 0 Å². The minimum absolute atomic E-state index is 0.0744. The molecule has 1 N–H and O–H groups in total. The van der Waals surface area contributed by atoms with Crippen LogP contribution in [0.1, 0.15) is 38.1 Å². The molecule has 0 radical (unpaired) electrons. The molecule has 1 aromatic rings. The Hall–Kier alpha value is -0.540. The van der Waals surface area contributed by atoms with Crippen molar-refractivity contribution in [2.75, 3.05) is 6.54 Å². The highest BCUT2D eigenvalue weighted by Crippen LogP contribution is 2.25.